The molecule has 8 aliphatic rings. The molecule has 4 spiro atoms. The van der Waals surface area contributed by atoms with Gasteiger partial charge in [0.05, 0.1) is 0 Å². The van der Waals surface area contributed by atoms with Crippen molar-refractivity contribution < 1.29 is 0 Å². The molecule has 0 aromatic heterocycles. The van der Waals surface area contributed by atoms with Gasteiger partial charge >= 0.3 is 0 Å². The fourth-order valence-electron chi connectivity index (χ4n) is 17.4. The van der Waals surface area contributed by atoms with Gasteiger partial charge in [0.1, 0.15) is 0 Å². The lowest BCUT2D eigenvalue weighted by atomic mass is 9.50. The molecule has 0 bridgehead atoms. The van der Waals surface area contributed by atoms with E-state index in [0.29, 0.717) is 27.1 Å². The van der Waals surface area contributed by atoms with E-state index in [1.54, 1.807) is 0 Å². The zero-order valence-corrected chi connectivity index (χ0v) is 45.8. The van der Waals surface area contributed by atoms with E-state index in [1.807, 2.05) is 0 Å². The van der Waals surface area contributed by atoms with E-state index in [4.69, 9.17) is 0 Å². The molecule has 0 N–H and O–H groups in total. The SMILES string of the molecule is CC(C)C1CCC2(CCCC2(C)C)CC1.CC(C)C1CCC2(CCCCC2(C)C)CC1.CC(C)C1CCCC2(CCC(C)(C)C2)C1.CC(C)C1CCCC2(CCCCC2(C)C)C1. The van der Waals surface area contributed by atoms with Crippen LogP contribution in [0.5, 0.6) is 0 Å². The monoisotopic (exact) mass is 861 g/mol. The Kier molecular flexibility index (Phi) is 18.0. The van der Waals surface area contributed by atoms with Crippen molar-refractivity contribution >= 4 is 0 Å². The highest BCUT2D eigenvalue weighted by Crippen LogP contribution is 2.63. The first kappa shape index (κ1) is 53.0. The predicted molar refractivity (Wildman–Crippen MR) is 277 cm³/mol. The van der Waals surface area contributed by atoms with Crippen molar-refractivity contribution in [3.8, 4) is 0 Å². The van der Waals surface area contributed by atoms with E-state index < -0.39 is 0 Å². The molecule has 8 aliphatic carbocycles. The van der Waals surface area contributed by atoms with Gasteiger partial charge in [0.2, 0.25) is 0 Å². The van der Waals surface area contributed by atoms with Crippen molar-refractivity contribution in [1.29, 1.82) is 0 Å². The van der Waals surface area contributed by atoms with Crippen LogP contribution >= 0.6 is 0 Å². The molecule has 0 radical (unpaired) electrons. The Hall–Kier alpha value is 0. The maximum atomic E-state index is 2.55. The van der Waals surface area contributed by atoms with E-state index in [9.17, 15) is 0 Å². The van der Waals surface area contributed by atoms with Crippen LogP contribution in [0, 0.1) is 90.7 Å². The summed E-state index contributed by atoms with van der Waals surface area (Å²) in [4.78, 5) is 0. The van der Waals surface area contributed by atoms with Gasteiger partial charge < -0.3 is 0 Å². The topological polar surface area (TPSA) is 0 Å². The Morgan fingerprint density at radius 2 is 0.645 bits per heavy atom. The maximum absolute atomic E-state index is 2.55. The highest BCUT2D eigenvalue weighted by Gasteiger charge is 2.52. The van der Waals surface area contributed by atoms with Crippen LogP contribution in [-0.2, 0) is 0 Å². The molecule has 0 aromatic carbocycles. The second-order valence-electron chi connectivity index (χ2n) is 29.5. The first-order valence-electron chi connectivity index (χ1n) is 28.8. The fourth-order valence-corrected chi connectivity index (χ4v) is 17.4. The molecule has 8 fully saturated rings. The highest BCUT2D eigenvalue weighted by atomic mass is 14.6. The van der Waals surface area contributed by atoms with Crippen molar-refractivity contribution in [1.82, 2.24) is 0 Å². The molecule has 4 atom stereocenters. The summed E-state index contributed by atoms with van der Waals surface area (Å²) in [6.45, 7) is 39.5. The maximum Gasteiger partial charge on any atom is -0.0243 e. The molecule has 0 aliphatic heterocycles. The van der Waals surface area contributed by atoms with Crippen molar-refractivity contribution in [2.75, 3.05) is 0 Å². The van der Waals surface area contributed by atoms with Crippen molar-refractivity contribution in [2.24, 2.45) is 90.7 Å². The lowest BCUT2D eigenvalue weighted by molar-refractivity contribution is -0.0442. The summed E-state index contributed by atoms with van der Waals surface area (Å²) in [7, 11) is 0. The summed E-state index contributed by atoms with van der Waals surface area (Å²) in [6, 6.07) is 0. The van der Waals surface area contributed by atoms with E-state index in [0.717, 1.165) is 63.6 Å². The van der Waals surface area contributed by atoms with Gasteiger partial charge in [0, 0.05) is 0 Å². The van der Waals surface area contributed by atoms with Crippen molar-refractivity contribution in [2.45, 2.75) is 303 Å². The summed E-state index contributed by atoms with van der Waals surface area (Å²) in [5.41, 5.74) is 5.42. The fraction of sp³-hybridized carbons (Fsp3) is 1.00. The van der Waals surface area contributed by atoms with Crippen molar-refractivity contribution in [3.63, 3.8) is 0 Å². The minimum atomic E-state index is 0.610. The van der Waals surface area contributed by atoms with Gasteiger partial charge in [-0.1, -0.05) is 169 Å². The smallest absolute Gasteiger partial charge is 0.0243 e. The van der Waals surface area contributed by atoms with Crippen LogP contribution in [0.2, 0.25) is 0 Å². The molecule has 62 heavy (non-hydrogen) atoms. The summed E-state index contributed by atoms with van der Waals surface area (Å²) in [5, 5.41) is 0. The van der Waals surface area contributed by atoms with Gasteiger partial charge in [-0.25, -0.2) is 0 Å². The van der Waals surface area contributed by atoms with Crippen LogP contribution in [0.3, 0.4) is 0 Å². The minimum Gasteiger partial charge on any atom is -0.0625 e. The molecule has 0 saturated heterocycles. The van der Waals surface area contributed by atoms with E-state index in [1.165, 1.54) is 193 Å². The molecular formula is C62H116. The van der Waals surface area contributed by atoms with Gasteiger partial charge in [-0.15, -0.1) is 0 Å². The van der Waals surface area contributed by atoms with Gasteiger partial charge in [0.25, 0.3) is 0 Å². The van der Waals surface area contributed by atoms with Crippen LogP contribution < -0.4 is 0 Å². The van der Waals surface area contributed by atoms with Gasteiger partial charge in [-0.05, 0) is 226 Å². The lowest BCUT2D eigenvalue weighted by Crippen LogP contribution is -2.44. The van der Waals surface area contributed by atoms with Crippen LogP contribution in [0.25, 0.3) is 0 Å². The quantitative estimate of drug-likeness (QED) is 0.264. The third-order valence-electron chi connectivity index (χ3n) is 23.0. The first-order valence-corrected chi connectivity index (χ1v) is 28.8. The molecule has 0 amide bonds. The summed E-state index contributed by atoms with van der Waals surface area (Å²) in [5.74, 6) is 7.69. The van der Waals surface area contributed by atoms with Crippen LogP contribution in [0.1, 0.15) is 303 Å². The number of rotatable bonds is 4. The van der Waals surface area contributed by atoms with E-state index >= 15 is 0 Å². The molecule has 0 nitrogen and oxygen atoms in total. The average molecular weight is 862 g/mol. The van der Waals surface area contributed by atoms with Crippen LogP contribution in [0.4, 0.5) is 0 Å². The van der Waals surface area contributed by atoms with Crippen LogP contribution in [-0.4, -0.2) is 0 Å². The van der Waals surface area contributed by atoms with Gasteiger partial charge in [-0.3, -0.25) is 0 Å². The summed E-state index contributed by atoms with van der Waals surface area (Å²) in [6.07, 6.45) is 45.0. The normalized spacial score (nSPS) is 39.7. The Morgan fingerprint density at radius 3 is 1.02 bits per heavy atom. The molecule has 364 valence electrons. The molecule has 8 saturated carbocycles. The summed E-state index contributed by atoms with van der Waals surface area (Å²) >= 11 is 0. The third-order valence-corrected chi connectivity index (χ3v) is 23.0. The van der Waals surface area contributed by atoms with Gasteiger partial charge in [-0.2, -0.15) is 0 Å². The molecule has 4 unspecified atom stereocenters. The minimum absolute atomic E-state index is 0.610. The molecule has 0 aromatic rings. The zero-order chi connectivity index (χ0) is 45.8. The molecule has 0 heterocycles. The second-order valence-corrected chi connectivity index (χ2v) is 29.5. The van der Waals surface area contributed by atoms with E-state index in [-0.39, 0.29) is 0 Å². The second kappa shape index (κ2) is 21.1. The third kappa shape index (κ3) is 12.4. The standard InChI is InChI=1S/2C16H30.2C15H28/c1-13(2)14-7-11-16(12-8-14)10-6-5-9-15(16,3)4;1-13(2)14-8-7-11-16(12-14)10-6-5-9-15(16,3)4;1-12(2)13-6-10-15(11-7-13)9-5-8-14(15,3)4;1-12(2)13-6-5-7-15(10-13)9-8-14(3,4)11-15/h2*13-14H,5-12H2,1-4H3;2*12-13H,5-11H2,1-4H3. The van der Waals surface area contributed by atoms with E-state index in [2.05, 4.69) is 111 Å². The van der Waals surface area contributed by atoms with Crippen LogP contribution in [0.15, 0.2) is 0 Å². The largest absolute Gasteiger partial charge is 0.0625 e. The Labute approximate surface area is 392 Å². The Bertz CT molecular complexity index is 1310. The number of hydrogen-bond acceptors (Lipinski definition) is 0. The highest BCUT2D eigenvalue weighted by molar-refractivity contribution is 5.02. The van der Waals surface area contributed by atoms with Gasteiger partial charge in [0.15, 0.2) is 0 Å². The lowest BCUT2D eigenvalue weighted by Gasteiger charge is -2.55. The van der Waals surface area contributed by atoms with Crippen molar-refractivity contribution in [3.05, 3.63) is 0 Å². The zero-order valence-electron chi connectivity index (χ0n) is 45.8. The predicted octanol–water partition coefficient (Wildman–Crippen LogP) is 20.9. The first-order chi connectivity index (χ1) is 28.8. The Balaban J connectivity index is 0.000000156. The average Bonchev–Trinajstić information content (AvgIpc) is 3.66. The molecule has 8 rings (SSSR count). The Morgan fingerprint density at radius 1 is 0.290 bits per heavy atom. The molecular weight excluding hydrogens is 745 g/mol. The number of hydrogen-bond donors (Lipinski definition) is 0. The summed E-state index contributed by atoms with van der Waals surface area (Å²) < 4.78 is 0. The molecule has 0 heteroatoms.